The number of rotatable bonds is 4. The van der Waals surface area contributed by atoms with Crippen molar-refractivity contribution in [3.63, 3.8) is 0 Å². The van der Waals surface area contributed by atoms with E-state index >= 15 is 0 Å². The van der Waals surface area contributed by atoms with E-state index in [4.69, 9.17) is 9.63 Å². The van der Waals surface area contributed by atoms with Crippen molar-refractivity contribution in [3.8, 4) is 0 Å². The summed E-state index contributed by atoms with van der Waals surface area (Å²) in [4.78, 5) is 10.3. The zero-order valence-corrected chi connectivity index (χ0v) is 6.70. The van der Waals surface area contributed by atoms with Gasteiger partial charge in [0.25, 0.3) is 0 Å². The van der Waals surface area contributed by atoms with Gasteiger partial charge in [0.1, 0.15) is 5.76 Å². The summed E-state index contributed by atoms with van der Waals surface area (Å²) < 4.78 is 4.76. The van der Waals surface area contributed by atoms with Gasteiger partial charge in [-0.2, -0.15) is 0 Å². The van der Waals surface area contributed by atoms with Crippen LogP contribution in [0.3, 0.4) is 0 Å². The molecular formula is C7H10N2O3. The molecule has 0 fully saturated rings. The lowest BCUT2D eigenvalue weighted by Gasteiger charge is -1.91. The summed E-state index contributed by atoms with van der Waals surface area (Å²) in [7, 11) is 1.81. The van der Waals surface area contributed by atoms with Crippen molar-refractivity contribution < 1.29 is 14.4 Å². The number of aromatic carboxylic acids is 1. The highest BCUT2D eigenvalue weighted by Crippen LogP contribution is 2.03. The Morgan fingerprint density at radius 1 is 1.83 bits per heavy atom. The molecule has 0 radical (unpaired) electrons. The Kier molecular flexibility index (Phi) is 2.82. The van der Waals surface area contributed by atoms with Crippen LogP contribution < -0.4 is 5.32 Å². The maximum absolute atomic E-state index is 10.3. The number of aromatic nitrogens is 1. The van der Waals surface area contributed by atoms with E-state index in [2.05, 4.69) is 10.5 Å². The van der Waals surface area contributed by atoms with Crippen LogP contribution in [0.1, 0.15) is 16.2 Å². The summed E-state index contributed by atoms with van der Waals surface area (Å²) in [6, 6.07) is 1.43. The fraction of sp³-hybridized carbons (Fsp3) is 0.429. The van der Waals surface area contributed by atoms with Gasteiger partial charge in [-0.25, -0.2) is 4.79 Å². The molecule has 1 heterocycles. The predicted octanol–water partition coefficient (Wildman–Crippen LogP) is 0.135. The molecular weight excluding hydrogens is 160 g/mol. The minimum Gasteiger partial charge on any atom is -0.476 e. The van der Waals surface area contributed by atoms with E-state index in [1.807, 2.05) is 7.05 Å². The van der Waals surface area contributed by atoms with Crippen LogP contribution in [0.15, 0.2) is 10.6 Å². The second-order valence-electron chi connectivity index (χ2n) is 2.34. The molecule has 0 bridgehead atoms. The van der Waals surface area contributed by atoms with Gasteiger partial charge in [-0.3, -0.25) is 0 Å². The third-order valence-electron chi connectivity index (χ3n) is 1.40. The normalized spacial score (nSPS) is 10.1. The second kappa shape index (κ2) is 3.87. The minimum atomic E-state index is -1.06. The fourth-order valence-electron chi connectivity index (χ4n) is 0.780. The van der Waals surface area contributed by atoms with Gasteiger partial charge < -0.3 is 14.9 Å². The molecule has 5 heteroatoms. The van der Waals surface area contributed by atoms with Crippen LogP contribution >= 0.6 is 0 Å². The summed E-state index contributed by atoms with van der Waals surface area (Å²) in [5, 5.41) is 14.8. The third kappa shape index (κ3) is 2.06. The first kappa shape index (κ1) is 8.73. The van der Waals surface area contributed by atoms with Crippen molar-refractivity contribution in [2.75, 3.05) is 13.6 Å². The van der Waals surface area contributed by atoms with Gasteiger partial charge in [-0.1, -0.05) is 5.16 Å². The minimum absolute atomic E-state index is 0.0406. The van der Waals surface area contributed by atoms with E-state index in [0.717, 1.165) is 6.54 Å². The van der Waals surface area contributed by atoms with Crippen molar-refractivity contribution in [1.29, 1.82) is 0 Å². The number of hydrogen-bond donors (Lipinski definition) is 2. The molecule has 1 rings (SSSR count). The highest BCUT2D eigenvalue weighted by Gasteiger charge is 2.09. The van der Waals surface area contributed by atoms with Gasteiger partial charge in [0.2, 0.25) is 0 Å². The topological polar surface area (TPSA) is 75.4 Å². The first-order valence-corrected chi connectivity index (χ1v) is 3.57. The van der Waals surface area contributed by atoms with Crippen molar-refractivity contribution in [3.05, 3.63) is 17.5 Å². The monoisotopic (exact) mass is 170 g/mol. The molecule has 0 saturated heterocycles. The van der Waals surface area contributed by atoms with Crippen LogP contribution in [0.5, 0.6) is 0 Å². The largest absolute Gasteiger partial charge is 0.476 e. The Bertz CT molecular complexity index is 269. The van der Waals surface area contributed by atoms with Crippen LogP contribution in [-0.4, -0.2) is 29.8 Å². The Balaban J connectivity index is 2.58. The molecule has 1 aromatic heterocycles. The lowest BCUT2D eigenvalue weighted by Crippen LogP contribution is -2.09. The zero-order valence-electron chi connectivity index (χ0n) is 6.70. The van der Waals surface area contributed by atoms with E-state index in [1.54, 1.807) is 0 Å². The summed E-state index contributed by atoms with van der Waals surface area (Å²) >= 11 is 0. The number of nitrogens with one attached hydrogen (secondary N) is 1. The molecule has 0 aliphatic carbocycles. The summed E-state index contributed by atoms with van der Waals surface area (Å²) in [5.74, 6) is -0.476. The first-order valence-electron chi connectivity index (χ1n) is 3.57. The van der Waals surface area contributed by atoms with Gasteiger partial charge in [-0.15, -0.1) is 0 Å². The number of carbonyl (C=O) groups is 1. The molecule has 0 atom stereocenters. The van der Waals surface area contributed by atoms with Gasteiger partial charge in [0.15, 0.2) is 5.69 Å². The molecule has 66 valence electrons. The maximum atomic E-state index is 10.3. The maximum Gasteiger partial charge on any atom is 0.358 e. The molecule has 0 aromatic carbocycles. The van der Waals surface area contributed by atoms with E-state index in [9.17, 15) is 4.79 Å². The molecule has 0 saturated carbocycles. The van der Waals surface area contributed by atoms with Gasteiger partial charge >= 0.3 is 5.97 Å². The fourth-order valence-corrected chi connectivity index (χ4v) is 0.780. The average Bonchev–Trinajstić information content (AvgIpc) is 2.48. The molecule has 2 N–H and O–H groups in total. The molecule has 0 spiro atoms. The zero-order chi connectivity index (χ0) is 8.97. The summed E-state index contributed by atoms with van der Waals surface area (Å²) in [5.41, 5.74) is -0.0406. The highest BCUT2D eigenvalue weighted by molar-refractivity contribution is 5.85. The van der Waals surface area contributed by atoms with E-state index in [1.165, 1.54) is 6.07 Å². The second-order valence-corrected chi connectivity index (χ2v) is 2.34. The van der Waals surface area contributed by atoms with Gasteiger partial charge in [-0.05, 0) is 7.05 Å². The number of nitrogens with zero attached hydrogens (tertiary/aromatic N) is 1. The smallest absolute Gasteiger partial charge is 0.358 e. The van der Waals surface area contributed by atoms with Crippen LogP contribution in [-0.2, 0) is 6.42 Å². The van der Waals surface area contributed by atoms with Gasteiger partial charge in [0, 0.05) is 19.0 Å². The molecule has 0 amide bonds. The van der Waals surface area contributed by atoms with Crippen molar-refractivity contribution in [1.82, 2.24) is 10.5 Å². The van der Waals surface area contributed by atoms with Crippen molar-refractivity contribution in [2.45, 2.75) is 6.42 Å². The Morgan fingerprint density at radius 3 is 3.08 bits per heavy atom. The van der Waals surface area contributed by atoms with Gasteiger partial charge in [0.05, 0.1) is 0 Å². The number of carboxylic acids is 1. The van der Waals surface area contributed by atoms with Crippen LogP contribution in [0.25, 0.3) is 0 Å². The SMILES string of the molecule is CNCCc1cc(C(=O)O)no1. The molecule has 0 aliphatic rings. The summed E-state index contributed by atoms with van der Waals surface area (Å²) in [6.07, 6.45) is 0.650. The lowest BCUT2D eigenvalue weighted by atomic mass is 10.3. The van der Waals surface area contributed by atoms with Crippen molar-refractivity contribution >= 4 is 5.97 Å². The predicted molar refractivity (Wildman–Crippen MR) is 41.1 cm³/mol. The molecule has 0 aliphatic heterocycles. The van der Waals surface area contributed by atoms with Crippen LogP contribution in [0.4, 0.5) is 0 Å². The van der Waals surface area contributed by atoms with Crippen LogP contribution in [0, 0.1) is 0 Å². The van der Waals surface area contributed by atoms with Crippen molar-refractivity contribution in [2.24, 2.45) is 0 Å². The summed E-state index contributed by atoms with van der Waals surface area (Å²) in [6.45, 7) is 0.744. The molecule has 0 unspecified atom stereocenters. The first-order chi connectivity index (χ1) is 5.74. The molecule has 1 aromatic rings. The van der Waals surface area contributed by atoms with E-state index in [-0.39, 0.29) is 5.69 Å². The average molecular weight is 170 g/mol. The quantitative estimate of drug-likeness (QED) is 0.672. The standard InChI is InChI=1S/C7H10N2O3/c1-8-3-2-5-4-6(7(10)11)9-12-5/h4,8H,2-3H2,1H3,(H,10,11). The van der Waals surface area contributed by atoms with E-state index < -0.39 is 5.97 Å². The Morgan fingerprint density at radius 2 is 2.58 bits per heavy atom. The number of carboxylic acid groups (broad SMARTS) is 1. The Labute approximate surface area is 69.4 Å². The lowest BCUT2D eigenvalue weighted by molar-refractivity contribution is 0.0685. The molecule has 12 heavy (non-hydrogen) atoms. The van der Waals surface area contributed by atoms with E-state index in [0.29, 0.717) is 12.2 Å². The number of likely N-dealkylation sites (N-methyl/N-ethyl adjacent to an activating group) is 1. The Hall–Kier alpha value is -1.36. The highest BCUT2D eigenvalue weighted by atomic mass is 16.5. The third-order valence-corrected chi connectivity index (χ3v) is 1.40. The molecule has 5 nitrogen and oxygen atoms in total. The van der Waals surface area contributed by atoms with Crippen LogP contribution in [0.2, 0.25) is 0 Å². The number of hydrogen-bond acceptors (Lipinski definition) is 4.